The summed E-state index contributed by atoms with van der Waals surface area (Å²) in [4.78, 5) is 49.2. The molecule has 0 saturated heterocycles. The number of thioether (sulfide) groups is 1. The van der Waals surface area contributed by atoms with Crippen LogP contribution < -0.4 is 0 Å². The smallest absolute Gasteiger partial charge is 0.339 e. The van der Waals surface area contributed by atoms with Gasteiger partial charge in [0.2, 0.25) is 0 Å². The molecule has 2 heterocycles. The molecule has 0 aliphatic carbocycles. The fourth-order valence-electron chi connectivity index (χ4n) is 2.28. The van der Waals surface area contributed by atoms with Crippen LogP contribution in [0.2, 0.25) is 0 Å². The van der Waals surface area contributed by atoms with Gasteiger partial charge in [-0.25, -0.2) is 19.8 Å². The first kappa shape index (κ1) is 18.3. The first-order valence-corrected chi connectivity index (χ1v) is 8.25. The van der Waals surface area contributed by atoms with Crippen LogP contribution in [-0.4, -0.2) is 52.0 Å². The lowest BCUT2D eigenvalue weighted by Gasteiger charge is -2.15. The number of rotatable bonds is 5. The van der Waals surface area contributed by atoms with Crippen LogP contribution in [0.4, 0.5) is 11.4 Å². The number of hydrogen-bond acceptors (Lipinski definition) is 11. The van der Waals surface area contributed by atoms with Gasteiger partial charge in [-0.1, -0.05) is 11.8 Å². The van der Waals surface area contributed by atoms with Gasteiger partial charge in [-0.2, -0.15) is 0 Å². The second kappa shape index (κ2) is 7.41. The molecular weight excluding hydrogens is 380 g/mol. The highest BCUT2D eigenvalue weighted by Gasteiger charge is 2.33. The van der Waals surface area contributed by atoms with E-state index in [1.807, 2.05) is 0 Å². The van der Waals surface area contributed by atoms with Crippen LogP contribution >= 0.6 is 11.8 Å². The number of nitro benzene ring substituents is 2. The van der Waals surface area contributed by atoms with Crippen LogP contribution in [0.5, 0.6) is 0 Å². The van der Waals surface area contributed by atoms with E-state index >= 15 is 0 Å². The molecule has 1 aromatic carbocycles. The second-order valence-electron chi connectivity index (χ2n) is 5.04. The highest BCUT2D eigenvalue weighted by molar-refractivity contribution is 8.14. The minimum atomic E-state index is -0.916. The minimum Gasteiger partial charge on any atom is -0.462 e. The summed E-state index contributed by atoms with van der Waals surface area (Å²) in [5.74, 6) is -0.560. The molecular formula is C14H10N6O6S. The summed E-state index contributed by atoms with van der Waals surface area (Å²) in [7, 11) is 0. The number of nitro groups is 2. The van der Waals surface area contributed by atoms with Gasteiger partial charge in [0, 0.05) is 6.07 Å². The number of esters is 1. The monoisotopic (exact) mass is 390 g/mol. The lowest BCUT2D eigenvalue weighted by atomic mass is 10.1. The van der Waals surface area contributed by atoms with Crippen molar-refractivity contribution in [1.82, 2.24) is 0 Å². The van der Waals surface area contributed by atoms with E-state index in [9.17, 15) is 25.0 Å². The number of carbonyl (C=O) groups is 1. The maximum atomic E-state index is 12.3. The van der Waals surface area contributed by atoms with Gasteiger partial charge in [-0.15, -0.1) is 0 Å². The molecule has 0 aromatic heterocycles. The van der Waals surface area contributed by atoms with Crippen molar-refractivity contribution in [3.05, 3.63) is 37.9 Å². The van der Waals surface area contributed by atoms with Crippen LogP contribution in [-0.2, 0) is 4.74 Å². The summed E-state index contributed by atoms with van der Waals surface area (Å²) in [5, 5.41) is 22.9. The number of ether oxygens (including phenoxy) is 1. The minimum absolute atomic E-state index is 0.00322. The zero-order chi connectivity index (χ0) is 19.6. The maximum absolute atomic E-state index is 12.3. The highest BCUT2D eigenvalue weighted by atomic mass is 32.2. The van der Waals surface area contributed by atoms with E-state index < -0.39 is 33.2 Å². The Bertz CT molecular complexity index is 969. The van der Waals surface area contributed by atoms with Crippen molar-refractivity contribution in [3.8, 4) is 0 Å². The Morgan fingerprint density at radius 2 is 2.00 bits per heavy atom. The number of hydrogen-bond donors (Lipinski definition) is 0. The average molecular weight is 390 g/mol. The van der Waals surface area contributed by atoms with E-state index in [1.54, 1.807) is 6.92 Å². The van der Waals surface area contributed by atoms with Gasteiger partial charge in [-0.05, 0) is 6.92 Å². The lowest BCUT2D eigenvalue weighted by molar-refractivity contribution is -0.396. The molecule has 27 heavy (non-hydrogen) atoms. The molecule has 1 unspecified atom stereocenters. The largest absolute Gasteiger partial charge is 0.462 e. The average Bonchev–Trinajstić information content (AvgIpc) is 3.11. The third-order valence-electron chi connectivity index (χ3n) is 3.42. The Balaban J connectivity index is 2.13. The lowest BCUT2D eigenvalue weighted by Crippen LogP contribution is -2.26. The molecule has 0 amide bonds. The van der Waals surface area contributed by atoms with Crippen LogP contribution in [0.25, 0.3) is 0 Å². The quantitative estimate of drug-likeness (QED) is 0.422. The maximum Gasteiger partial charge on any atom is 0.339 e. The molecule has 0 N–H and O–H groups in total. The number of fused-ring (bicyclic) bond motifs is 1. The molecule has 13 heteroatoms. The highest BCUT2D eigenvalue weighted by Crippen LogP contribution is 2.39. The number of amidine groups is 1. The summed E-state index contributed by atoms with van der Waals surface area (Å²) in [5.41, 5.74) is -1.50. The van der Waals surface area contributed by atoms with Crippen molar-refractivity contribution >= 4 is 52.7 Å². The molecule has 138 valence electrons. The first-order chi connectivity index (χ1) is 12.9. The summed E-state index contributed by atoms with van der Waals surface area (Å²) >= 11 is 0.796. The zero-order valence-corrected chi connectivity index (χ0v) is 14.5. The summed E-state index contributed by atoms with van der Waals surface area (Å²) in [6.07, 6.45) is 2.50. The fourth-order valence-corrected chi connectivity index (χ4v) is 3.36. The van der Waals surface area contributed by atoms with Crippen LogP contribution in [0.1, 0.15) is 17.3 Å². The molecule has 2 aliphatic rings. The normalized spacial score (nSPS) is 17.1. The summed E-state index contributed by atoms with van der Waals surface area (Å²) in [6.45, 7) is 1.55. The number of carbonyl (C=O) groups excluding carboxylic acids is 1. The van der Waals surface area contributed by atoms with Gasteiger partial charge in [0.05, 0.1) is 28.1 Å². The summed E-state index contributed by atoms with van der Waals surface area (Å²) < 4.78 is 4.90. The molecule has 12 nitrogen and oxygen atoms in total. The van der Waals surface area contributed by atoms with Crippen molar-refractivity contribution in [1.29, 1.82) is 0 Å². The van der Waals surface area contributed by atoms with E-state index in [-0.39, 0.29) is 17.1 Å². The van der Waals surface area contributed by atoms with Crippen molar-refractivity contribution in [2.75, 3.05) is 6.61 Å². The molecule has 1 atom stereocenters. The third kappa shape index (κ3) is 3.57. The molecule has 0 radical (unpaired) electrons. The van der Waals surface area contributed by atoms with Gasteiger partial charge < -0.3 is 4.74 Å². The van der Waals surface area contributed by atoms with Crippen molar-refractivity contribution < 1.29 is 19.4 Å². The first-order valence-electron chi connectivity index (χ1n) is 7.43. The Morgan fingerprint density at radius 3 is 2.67 bits per heavy atom. The van der Waals surface area contributed by atoms with Gasteiger partial charge >= 0.3 is 5.97 Å². The van der Waals surface area contributed by atoms with Gasteiger partial charge in [-0.3, -0.25) is 25.2 Å². The Kier molecular flexibility index (Phi) is 5.03. The molecule has 2 aliphatic heterocycles. The standard InChI is InChI=1S/C14H10N6O6S/c1-2-26-14(21)8-3-7(19(22)23)4-9(20(24)25)11(8)27-13-10-12(16-5-15-10)17-6-18-13/h3-6,10H,2H2,1H3. The number of nitrogens with zero attached hydrogens (tertiary/aromatic N) is 6. The Morgan fingerprint density at radius 1 is 1.22 bits per heavy atom. The Hall–Kier alpha value is -3.48. The topological polar surface area (TPSA) is 162 Å². The van der Waals surface area contributed by atoms with Gasteiger partial charge in [0.1, 0.15) is 22.6 Å². The van der Waals surface area contributed by atoms with Gasteiger partial charge in [0.25, 0.3) is 11.4 Å². The predicted octanol–water partition coefficient (Wildman–Crippen LogP) is 2.02. The van der Waals surface area contributed by atoms with Crippen molar-refractivity contribution in [2.45, 2.75) is 17.9 Å². The SMILES string of the molecule is CCOC(=O)c1cc([N+](=O)[O-])cc([N+](=O)[O-])c1SC1=NC=NC2=NC=NC21. The van der Waals surface area contributed by atoms with E-state index in [0.29, 0.717) is 10.9 Å². The van der Waals surface area contributed by atoms with E-state index in [1.165, 1.54) is 12.7 Å². The number of non-ortho nitro benzene ring substituents is 1. The molecule has 0 saturated carbocycles. The zero-order valence-electron chi connectivity index (χ0n) is 13.6. The van der Waals surface area contributed by atoms with Gasteiger partial charge in [0.15, 0.2) is 11.9 Å². The fraction of sp³-hybridized carbons (Fsp3) is 0.214. The molecule has 0 bridgehead atoms. The van der Waals surface area contributed by atoms with E-state index in [2.05, 4.69) is 20.0 Å². The number of benzene rings is 1. The van der Waals surface area contributed by atoms with Crippen LogP contribution in [0.15, 0.2) is 37.0 Å². The predicted molar refractivity (Wildman–Crippen MR) is 97.2 cm³/mol. The molecule has 0 spiro atoms. The Labute approximate surface area is 155 Å². The van der Waals surface area contributed by atoms with Crippen LogP contribution in [0.3, 0.4) is 0 Å². The number of aliphatic imine (C=N–C) groups is 4. The summed E-state index contributed by atoms with van der Waals surface area (Å²) in [6, 6.07) is 1.08. The van der Waals surface area contributed by atoms with Crippen molar-refractivity contribution in [2.24, 2.45) is 20.0 Å². The molecule has 3 rings (SSSR count). The van der Waals surface area contributed by atoms with E-state index in [0.717, 1.165) is 23.9 Å². The second-order valence-corrected chi connectivity index (χ2v) is 6.08. The molecule has 0 fully saturated rings. The van der Waals surface area contributed by atoms with E-state index in [4.69, 9.17) is 4.74 Å². The van der Waals surface area contributed by atoms with Crippen LogP contribution in [0, 0.1) is 20.2 Å². The third-order valence-corrected chi connectivity index (χ3v) is 4.59. The molecule has 1 aromatic rings. The van der Waals surface area contributed by atoms with Crippen molar-refractivity contribution in [3.63, 3.8) is 0 Å².